The van der Waals surface area contributed by atoms with Gasteiger partial charge in [-0.3, -0.25) is 9.69 Å². The summed E-state index contributed by atoms with van der Waals surface area (Å²) in [6.45, 7) is 3.57. The van der Waals surface area contributed by atoms with Gasteiger partial charge in [0.25, 0.3) is 5.91 Å². The summed E-state index contributed by atoms with van der Waals surface area (Å²) in [5.41, 5.74) is -0.134. The van der Waals surface area contributed by atoms with Crippen molar-refractivity contribution in [3.8, 4) is 0 Å². The van der Waals surface area contributed by atoms with Crippen LogP contribution in [0.5, 0.6) is 0 Å². The molecule has 1 aromatic rings. The summed E-state index contributed by atoms with van der Waals surface area (Å²) in [6.07, 6.45) is 5.65. The Bertz CT molecular complexity index is 821. The smallest absolute Gasteiger partial charge is 0.253 e. The summed E-state index contributed by atoms with van der Waals surface area (Å²) >= 11 is 13.9. The molecule has 1 amide bonds. The molecule has 1 saturated heterocycles. The van der Waals surface area contributed by atoms with Gasteiger partial charge in [-0.15, -0.1) is 12.4 Å². The zero-order chi connectivity index (χ0) is 21.8. The van der Waals surface area contributed by atoms with Gasteiger partial charge >= 0.3 is 0 Å². The van der Waals surface area contributed by atoms with Crippen LogP contribution in [0.1, 0.15) is 55.8 Å². The van der Waals surface area contributed by atoms with Crippen LogP contribution in [-0.2, 0) is 10.0 Å². The number of hydrogen-bond donors (Lipinski definition) is 1. The van der Waals surface area contributed by atoms with Gasteiger partial charge in [0.2, 0.25) is 14.5 Å². The van der Waals surface area contributed by atoms with Crippen molar-refractivity contribution in [2.45, 2.75) is 55.4 Å². The van der Waals surface area contributed by atoms with E-state index in [2.05, 4.69) is 10.2 Å². The number of alkyl halides is 2. The summed E-state index contributed by atoms with van der Waals surface area (Å²) < 4.78 is 24.6. The van der Waals surface area contributed by atoms with Crippen molar-refractivity contribution < 1.29 is 13.2 Å². The SMILES string of the molecule is CCS(=O)(=O)N1CCN(C2(C(Cl)(Cl)NC(=O)c3ccccc3)CCCCCC2)CC1.Cl. The quantitative estimate of drug-likeness (QED) is 0.355. The molecule has 1 N–H and O–H groups in total. The van der Waals surface area contributed by atoms with Gasteiger partial charge in [0.15, 0.2) is 0 Å². The molecular weight excluding hydrogens is 481 g/mol. The lowest BCUT2D eigenvalue weighted by molar-refractivity contribution is 0.0195. The van der Waals surface area contributed by atoms with Crippen molar-refractivity contribution >= 4 is 51.5 Å². The number of piperazine rings is 1. The summed E-state index contributed by atoms with van der Waals surface area (Å²) in [5.74, 6) is -0.211. The Balaban J connectivity index is 0.00000341. The van der Waals surface area contributed by atoms with Crippen molar-refractivity contribution in [2.75, 3.05) is 31.9 Å². The third kappa shape index (κ3) is 5.87. The van der Waals surface area contributed by atoms with Crippen LogP contribution in [0.3, 0.4) is 0 Å². The molecule has 3 rings (SSSR count). The molecule has 2 aliphatic rings. The molecule has 1 heterocycles. The van der Waals surface area contributed by atoms with E-state index in [9.17, 15) is 13.2 Å². The third-order valence-corrected chi connectivity index (χ3v) is 9.20. The largest absolute Gasteiger partial charge is 0.319 e. The van der Waals surface area contributed by atoms with E-state index in [1.54, 1.807) is 35.5 Å². The number of halogens is 3. The molecule has 0 atom stereocenters. The average molecular weight is 513 g/mol. The molecule has 1 saturated carbocycles. The fraction of sp³-hybridized carbons (Fsp3) is 0.667. The van der Waals surface area contributed by atoms with E-state index in [0.29, 0.717) is 31.7 Å². The van der Waals surface area contributed by atoms with Crippen LogP contribution in [0.15, 0.2) is 30.3 Å². The molecule has 0 aromatic heterocycles. The van der Waals surface area contributed by atoms with Crippen LogP contribution in [0.25, 0.3) is 0 Å². The minimum atomic E-state index is -3.22. The molecular formula is C21H32Cl3N3O3S. The van der Waals surface area contributed by atoms with E-state index < -0.39 is 20.0 Å². The predicted octanol–water partition coefficient (Wildman–Crippen LogP) is 4.03. The minimum absolute atomic E-state index is 0. The Labute approximate surface area is 202 Å². The zero-order valence-corrected chi connectivity index (χ0v) is 21.0. The maximum absolute atomic E-state index is 12.9. The Morgan fingerprint density at radius 3 is 2.10 bits per heavy atom. The molecule has 0 spiro atoms. The van der Waals surface area contributed by atoms with Gasteiger partial charge in [0, 0.05) is 31.7 Å². The number of rotatable bonds is 6. The maximum atomic E-state index is 12.9. The highest BCUT2D eigenvalue weighted by Crippen LogP contribution is 2.46. The third-order valence-electron chi connectivity index (χ3n) is 6.42. The Kier molecular flexibility index (Phi) is 9.50. The van der Waals surface area contributed by atoms with Crippen LogP contribution in [0.4, 0.5) is 0 Å². The normalized spacial score (nSPS) is 21.0. The molecule has 1 aromatic carbocycles. The van der Waals surface area contributed by atoms with E-state index in [1.807, 2.05) is 6.07 Å². The highest BCUT2D eigenvalue weighted by molar-refractivity contribution is 7.89. The van der Waals surface area contributed by atoms with Crippen molar-refractivity contribution in [1.29, 1.82) is 0 Å². The first-order chi connectivity index (χ1) is 14.2. The van der Waals surface area contributed by atoms with Gasteiger partial charge in [0.1, 0.15) is 0 Å². The highest BCUT2D eigenvalue weighted by Gasteiger charge is 2.54. The van der Waals surface area contributed by atoms with Gasteiger partial charge in [-0.1, -0.05) is 67.1 Å². The van der Waals surface area contributed by atoms with Crippen molar-refractivity contribution in [2.24, 2.45) is 0 Å². The standard InChI is InChI=1S/C21H31Cl2N3O3S.ClH/c1-2-30(28,29)26-16-14-25(15-17-26)20(12-8-3-4-9-13-20)21(22,23)24-19(27)18-10-6-5-7-11-18;/h5-7,10-11H,2-4,8-9,12-17H2,1H3,(H,24,27);1H. The number of nitrogens with one attached hydrogen (secondary N) is 1. The molecule has 1 aliphatic heterocycles. The second kappa shape index (κ2) is 11.0. The Hall–Kier alpha value is -0.570. The molecule has 0 radical (unpaired) electrons. The average Bonchev–Trinajstić information content (AvgIpc) is 3.02. The summed E-state index contributed by atoms with van der Waals surface area (Å²) in [6, 6.07) is 8.91. The minimum Gasteiger partial charge on any atom is -0.319 e. The maximum Gasteiger partial charge on any atom is 0.253 e. The molecule has 1 aliphatic carbocycles. The van der Waals surface area contributed by atoms with E-state index in [0.717, 1.165) is 38.5 Å². The van der Waals surface area contributed by atoms with Crippen LogP contribution in [0.2, 0.25) is 0 Å². The van der Waals surface area contributed by atoms with Crippen LogP contribution in [-0.4, -0.2) is 65.5 Å². The van der Waals surface area contributed by atoms with Crippen LogP contribution >= 0.6 is 35.6 Å². The predicted molar refractivity (Wildman–Crippen MR) is 129 cm³/mol. The number of nitrogens with zero attached hydrogens (tertiary/aromatic N) is 2. The summed E-state index contributed by atoms with van der Waals surface area (Å²) in [5, 5.41) is 2.88. The number of hydrogen-bond acceptors (Lipinski definition) is 4. The first kappa shape index (κ1) is 26.7. The van der Waals surface area contributed by atoms with Gasteiger partial charge in [-0.2, -0.15) is 4.31 Å². The van der Waals surface area contributed by atoms with Crippen molar-refractivity contribution in [1.82, 2.24) is 14.5 Å². The van der Waals surface area contributed by atoms with E-state index in [-0.39, 0.29) is 24.1 Å². The first-order valence-corrected chi connectivity index (χ1v) is 13.1. The molecule has 6 nitrogen and oxygen atoms in total. The molecule has 10 heteroatoms. The second-order valence-corrected chi connectivity index (χ2v) is 11.7. The lowest BCUT2D eigenvalue weighted by Crippen LogP contribution is -2.68. The molecule has 0 unspecified atom stereocenters. The lowest BCUT2D eigenvalue weighted by atomic mass is 9.86. The van der Waals surface area contributed by atoms with E-state index in [1.165, 1.54) is 0 Å². The van der Waals surface area contributed by atoms with E-state index >= 15 is 0 Å². The van der Waals surface area contributed by atoms with Crippen LogP contribution in [0, 0.1) is 0 Å². The van der Waals surface area contributed by atoms with Gasteiger partial charge in [0.05, 0.1) is 11.3 Å². The van der Waals surface area contributed by atoms with Gasteiger partial charge in [-0.25, -0.2) is 8.42 Å². The topological polar surface area (TPSA) is 69.7 Å². The molecule has 0 bridgehead atoms. The Morgan fingerprint density at radius 2 is 1.58 bits per heavy atom. The summed E-state index contributed by atoms with van der Waals surface area (Å²) in [4.78, 5) is 15.1. The number of carbonyl (C=O) groups excluding carboxylic acids is 1. The molecule has 176 valence electrons. The highest BCUT2D eigenvalue weighted by atomic mass is 35.5. The summed E-state index contributed by atoms with van der Waals surface area (Å²) in [7, 11) is -3.22. The van der Waals surface area contributed by atoms with Crippen molar-refractivity contribution in [3.63, 3.8) is 0 Å². The monoisotopic (exact) mass is 511 g/mol. The first-order valence-electron chi connectivity index (χ1n) is 10.7. The van der Waals surface area contributed by atoms with Crippen molar-refractivity contribution in [3.05, 3.63) is 35.9 Å². The lowest BCUT2D eigenvalue weighted by Gasteiger charge is -2.52. The van der Waals surface area contributed by atoms with E-state index in [4.69, 9.17) is 23.2 Å². The van der Waals surface area contributed by atoms with Crippen LogP contribution < -0.4 is 5.32 Å². The Morgan fingerprint density at radius 1 is 1.03 bits per heavy atom. The number of sulfonamides is 1. The fourth-order valence-corrected chi connectivity index (χ4v) is 6.51. The van der Waals surface area contributed by atoms with Gasteiger partial charge in [-0.05, 0) is 31.9 Å². The van der Waals surface area contributed by atoms with Gasteiger partial charge < -0.3 is 5.32 Å². The number of carbonyl (C=O) groups is 1. The fourth-order valence-electron chi connectivity index (χ4n) is 4.64. The zero-order valence-electron chi connectivity index (χ0n) is 17.9. The number of amides is 1. The number of benzene rings is 1. The molecule has 31 heavy (non-hydrogen) atoms. The molecule has 2 fully saturated rings. The second-order valence-electron chi connectivity index (χ2n) is 8.13.